The van der Waals surface area contributed by atoms with Gasteiger partial charge in [-0.1, -0.05) is 26.2 Å². The normalized spacial score (nSPS) is 14.2. The molecule has 0 aromatic heterocycles. The molecular weight excluding hydrogens is 411 g/mol. The van der Waals surface area contributed by atoms with Gasteiger partial charge in [-0.25, -0.2) is 4.79 Å². The predicted molar refractivity (Wildman–Crippen MR) is 69.1 cm³/mol. The quantitative estimate of drug-likeness (QED) is 0.357. The van der Waals surface area contributed by atoms with E-state index in [-0.39, 0.29) is 13.0 Å². The van der Waals surface area contributed by atoms with Gasteiger partial charge in [0.15, 0.2) is 0 Å². The van der Waals surface area contributed by atoms with E-state index in [1.807, 2.05) is 0 Å². The lowest BCUT2D eigenvalue weighted by Gasteiger charge is -2.35. The number of alkyl halides is 11. The van der Waals surface area contributed by atoms with Crippen molar-refractivity contribution in [3.8, 4) is 0 Å². The van der Waals surface area contributed by atoms with Crippen LogP contribution < -0.4 is 5.32 Å². The van der Waals surface area contributed by atoms with E-state index in [4.69, 9.17) is 0 Å². The highest BCUT2D eigenvalue weighted by molar-refractivity contribution is 5.67. The third-order valence-electron chi connectivity index (χ3n) is 3.16. The maximum Gasteiger partial charge on any atom is 0.474 e. The molecule has 0 saturated carbocycles. The first-order valence-corrected chi connectivity index (χ1v) is 7.46. The smallest absolute Gasteiger partial charge is 0.379 e. The van der Waals surface area contributed by atoms with Crippen LogP contribution in [-0.4, -0.2) is 42.7 Å². The second kappa shape index (κ2) is 8.67. The second-order valence-corrected chi connectivity index (χ2v) is 5.54. The topological polar surface area (TPSA) is 38.3 Å². The van der Waals surface area contributed by atoms with Crippen LogP contribution in [0.3, 0.4) is 0 Å². The Hall–Kier alpha value is -1.50. The van der Waals surface area contributed by atoms with Gasteiger partial charge in [-0.3, -0.25) is 0 Å². The first kappa shape index (κ1) is 25.5. The van der Waals surface area contributed by atoms with E-state index >= 15 is 0 Å². The molecule has 0 atom stereocenters. The Morgan fingerprint density at radius 1 is 0.815 bits per heavy atom. The van der Waals surface area contributed by atoms with E-state index in [2.05, 4.69) is 4.74 Å². The molecule has 0 saturated heterocycles. The van der Waals surface area contributed by atoms with Gasteiger partial charge in [-0.05, 0) is 6.42 Å². The lowest BCUT2D eigenvalue weighted by atomic mass is 10.0. The van der Waals surface area contributed by atoms with Crippen LogP contribution in [0.5, 0.6) is 0 Å². The Morgan fingerprint density at radius 2 is 1.33 bits per heavy atom. The van der Waals surface area contributed by atoms with Crippen molar-refractivity contribution in [3.63, 3.8) is 0 Å². The number of ether oxygens (including phenoxy) is 1. The van der Waals surface area contributed by atoms with Gasteiger partial charge in [0.1, 0.15) is 6.42 Å². The summed E-state index contributed by atoms with van der Waals surface area (Å²) in [4.78, 5) is 11.0. The molecule has 0 fully saturated rings. The zero-order chi connectivity index (χ0) is 21.7. The van der Waals surface area contributed by atoms with Crippen LogP contribution in [0.15, 0.2) is 0 Å². The molecule has 1 N–H and O–H groups in total. The molecule has 0 heterocycles. The summed E-state index contributed by atoms with van der Waals surface area (Å²) in [5, 5.41) is 1.51. The molecule has 162 valence electrons. The molecular formula is C13H16F11NO2. The lowest BCUT2D eigenvalue weighted by Crippen LogP contribution is -2.64. The highest BCUT2D eigenvalue weighted by atomic mass is 19.4. The predicted octanol–water partition coefficient (Wildman–Crippen LogP) is 5.74. The number of hydrogen-bond acceptors (Lipinski definition) is 2. The van der Waals surface area contributed by atoms with Crippen molar-refractivity contribution in [2.45, 2.75) is 69.1 Å². The summed E-state index contributed by atoms with van der Waals surface area (Å²) >= 11 is 0. The maximum atomic E-state index is 13.2. The van der Waals surface area contributed by atoms with Crippen LogP contribution in [0.4, 0.5) is 53.1 Å². The minimum Gasteiger partial charge on any atom is -0.379 e. The monoisotopic (exact) mass is 427 g/mol. The summed E-state index contributed by atoms with van der Waals surface area (Å²) in [6.07, 6.45) is -16.6. The van der Waals surface area contributed by atoms with E-state index in [9.17, 15) is 53.1 Å². The van der Waals surface area contributed by atoms with Crippen LogP contribution in [0.1, 0.15) is 39.0 Å². The summed E-state index contributed by atoms with van der Waals surface area (Å²) in [5.74, 6) is -20.9. The summed E-state index contributed by atoms with van der Waals surface area (Å²) in [7, 11) is 0. The summed E-state index contributed by atoms with van der Waals surface area (Å²) < 4.78 is 143. The Balaban J connectivity index is 5.19. The van der Waals surface area contributed by atoms with Crippen LogP contribution in [0.2, 0.25) is 0 Å². The van der Waals surface area contributed by atoms with Crippen molar-refractivity contribution in [1.29, 1.82) is 0 Å². The maximum absolute atomic E-state index is 13.2. The Morgan fingerprint density at radius 3 is 1.78 bits per heavy atom. The number of unbranched alkanes of at least 4 members (excludes halogenated alkanes) is 3. The minimum atomic E-state index is -7.18. The second-order valence-electron chi connectivity index (χ2n) is 5.54. The Kier molecular flexibility index (Phi) is 8.19. The lowest BCUT2D eigenvalue weighted by molar-refractivity contribution is -0.419. The molecule has 27 heavy (non-hydrogen) atoms. The van der Waals surface area contributed by atoms with Gasteiger partial charge in [-0.15, -0.1) is 0 Å². The number of hydrogen-bond donors (Lipinski definition) is 1. The molecule has 0 unspecified atom stereocenters. The number of amides is 1. The van der Waals surface area contributed by atoms with Gasteiger partial charge in [0, 0.05) is 6.54 Å². The molecule has 0 rings (SSSR count). The molecule has 3 nitrogen and oxygen atoms in total. The Labute approximate surface area is 146 Å². The average molecular weight is 427 g/mol. The van der Waals surface area contributed by atoms with Crippen molar-refractivity contribution in [3.05, 3.63) is 0 Å². The molecule has 0 aromatic rings. The molecule has 0 aromatic carbocycles. The fraction of sp³-hybridized carbons (Fsp3) is 0.923. The summed E-state index contributed by atoms with van der Waals surface area (Å²) in [5.41, 5.74) is 0. The zero-order valence-electron chi connectivity index (χ0n) is 13.7. The van der Waals surface area contributed by atoms with Gasteiger partial charge < -0.3 is 10.1 Å². The summed E-state index contributed by atoms with van der Waals surface area (Å²) in [6.45, 7) is 1.43. The molecule has 0 radical (unpaired) electrons. The number of alkyl carbamates (subject to hydrolysis) is 1. The van der Waals surface area contributed by atoms with Crippen molar-refractivity contribution < 1.29 is 57.8 Å². The average Bonchev–Trinajstić information content (AvgIpc) is 2.43. The first-order chi connectivity index (χ1) is 11.9. The van der Waals surface area contributed by atoms with Gasteiger partial charge in [0.25, 0.3) is 0 Å². The fourth-order valence-corrected chi connectivity index (χ4v) is 1.73. The van der Waals surface area contributed by atoms with Crippen LogP contribution >= 0.6 is 0 Å². The first-order valence-electron chi connectivity index (χ1n) is 7.46. The van der Waals surface area contributed by atoms with Crippen molar-refractivity contribution in [2.24, 2.45) is 0 Å². The number of halogens is 11. The van der Waals surface area contributed by atoms with Crippen LogP contribution in [0, 0.1) is 0 Å². The standard InChI is InChI=1S/C13H16F11NO2/c1-2-3-4-5-6-25-8(26)27-13(23,24)12(21,22)11(19,20)9(14,15)7-10(16,17)18/h2-7H2,1H3,(H,25,26). The van der Waals surface area contributed by atoms with E-state index in [0.29, 0.717) is 12.8 Å². The van der Waals surface area contributed by atoms with E-state index in [0.717, 1.165) is 6.42 Å². The van der Waals surface area contributed by atoms with Gasteiger partial charge in [0.05, 0.1) is 0 Å². The number of rotatable bonds is 10. The number of carbonyl (C=O) groups is 1. The molecule has 0 bridgehead atoms. The van der Waals surface area contributed by atoms with Crippen molar-refractivity contribution in [1.82, 2.24) is 5.32 Å². The van der Waals surface area contributed by atoms with E-state index < -0.39 is 42.6 Å². The van der Waals surface area contributed by atoms with Crippen molar-refractivity contribution >= 4 is 6.09 Å². The number of nitrogens with one attached hydrogen (secondary N) is 1. The third kappa shape index (κ3) is 6.55. The molecule has 1 amide bonds. The van der Waals surface area contributed by atoms with Gasteiger partial charge >= 0.3 is 36.1 Å². The largest absolute Gasteiger partial charge is 0.474 e. The fourth-order valence-electron chi connectivity index (χ4n) is 1.73. The van der Waals surface area contributed by atoms with Gasteiger partial charge in [0.2, 0.25) is 0 Å². The molecule has 0 aliphatic carbocycles. The van der Waals surface area contributed by atoms with Crippen molar-refractivity contribution in [2.75, 3.05) is 6.54 Å². The Bertz CT molecular complexity index is 491. The highest BCUT2D eigenvalue weighted by Crippen LogP contribution is 2.55. The van der Waals surface area contributed by atoms with Crippen LogP contribution in [-0.2, 0) is 4.74 Å². The van der Waals surface area contributed by atoms with E-state index in [1.165, 1.54) is 5.32 Å². The molecule has 0 spiro atoms. The third-order valence-corrected chi connectivity index (χ3v) is 3.16. The molecule has 14 heteroatoms. The summed E-state index contributed by atoms with van der Waals surface area (Å²) in [6, 6.07) is 0. The van der Waals surface area contributed by atoms with Crippen LogP contribution in [0.25, 0.3) is 0 Å². The molecule has 0 aliphatic rings. The van der Waals surface area contributed by atoms with Gasteiger partial charge in [-0.2, -0.15) is 48.3 Å². The zero-order valence-corrected chi connectivity index (χ0v) is 13.7. The molecule has 0 aliphatic heterocycles. The number of carbonyl (C=O) groups excluding carboxylic acids is 1. The SMILES string of the molecule is CCCCCCNC(=O)OC(F)(F)C(F)(F)C(F)(F)C(F)(F)CC(F)(F)F. The highest BCUT2D eigenvalue weighted by Gasteiger charge is 2.83. The minimum absolute atomic E-state index is 0.185. The van der Waals surface area contributed by atoms with E-state index in [1.54, 1.807) is 6.92 Å².